The maximum Gasteiger partial charge on any atom is 0.242 e. The predicted octanol–water partition coefficient (Wildman–Crippen LogP) is 1.16. The maximum atomic E-state index is 13.1. The smallest absolute Gasteiger partial charge is 0.242 e. The minimum Gasteiger partial charge on any atom is -0.342 e. The van der Waals surface area contributed by atoms with Crippen LogP contribution in [0.4, 0.5) is 0 Å². The normalized spacial score (nSPS) is 15.8. The average molecular weight is 484 g/mol. The molecule has 1 heterocycles. The van der Waals surface area contributed by atoms with Crippen LogP contribution in [0.5, 0.6) is 0 Å². The summed E-state index contributed by atoms with van der Waals surface area (Å²) >= 11 is 0. The molecule has 0 saturated carbocycles. The van der Waals surface area contributed by atoms with E-state index in [9.17, 15) is 27.6 Å². The molecule has 0 spiro atoms. The summed E-state index contributed by atoms with van der Waals surface area (Å²) in [7, 11) is -2.50. The van der Waals surface area contributed by atoms with Gasteiger partial charge in [0.1, 0.15) is 0 Å². The Bertz CT molecular complexity index is 1270. The topological polar surface area (TPSA) is 112 Å². The Morgan fingerprint density at radius 2 is 1.53 bits per heavy atom. The summed E-state index contributed by atoms with van der Waals surface area (Å²) in [6, 6.07) is 10.5. The van der Waals surface area contributed by atoms with E-state index >= 15 is 0 Å². The molecule has 0 radical (unpaired) electrons. The zero-order chi connectivity index (χ0) is 24.5. The summed E-state index contributed by atoms with van der Waals surface area (Å²) in [5.41, 5.74) is 0.828. The quantitative estimate of drug-likeness (QED) is 0.466. The number of sulfonamides is 1. The van der Waals surface area contributed by atoms with Gasteiger partial charge in [-0.25, -0.2) is 12.7 Å². The molecule has 0 unspecified atom stereocenters. The van der Waals surface area contributed by atoms with Gasteiger partial charge in [-0.15, -0.1) is 0 Å². The third kappa shape index (κ3) is 4.38. The summed E-state index contributed by atoms with van der Waals surface area (Å²) in [5.74, 6) is -0.770. The van der Waals surface area contributed by atoms with Gasteiger partial charge in [-0.1, -0.05) is 24.3 Å². The van der Waals surface area contributed by atoms with Crippen LogP contribution in [0.25, 0.3) is 0 Å². The number of hydrogen-bond acceptors (Lipinski definition) is 6. The number of rotatable bonds is 7. The largest absolute Gasteiger partial charge is 0.342 e. The first-order valence-electron chi connectivity index (χ1n) is 11.0. The Morgan fingerprint density at radius 3 is 2.15 bits per heavy atom. The van der Waals surface area contributed by atoms with Gasteiger partial charge in [0, 0.05) is 68.4 Å². The number of benzene rings is 2. The van der Waals surface area contributed by atoms with E-state index in [1.807, 2.05) is 0 Å². The molecule has 0 atom stereocenters. The van der Waals surface area contributed by atoms with Gasteiger partial charge in [0.25, 0.3) is 0 Å². The Morgan fingerprint density at radius 1 is 0.941 bits per heavy atom. The van der Waals surface area contributed by atoms with Crippen LogP contribution in [-0.4, -0.2) is 86.2 Å². The van der Waals surface area contributed by atoms with Crippen LogP contribution in [0, 0.1) is 0 Å². The molecule has 2 aromatic carbocycles. The molecule has 34 heavy (non-hydrogen) atoms. The van der Waals surface area contributed by atoms with Crippen molar-refractivity contribution >= 4 is 33.9 Å². The van der Waals surface area contributed by atoms with Crippen molar-refractivity contribution in [1.82, 2.24) is 14.1 Å². The molecule has 4 rings (SSSR count). The Balaban J connectivity index is 1.42. The molecule has 1 fully saturated rings. The van der Waals surface area contributed by atoms with E-state index in [1.165, 1.54) is 25.2 Å². The summed E-state index contributed by atoms with van der Waals surface area (Å²) in [6.07, 6.45) is 1.29. The first-order valence-corrected chi connectivity index (χ1v) is 12.4. The van der Waals surface area contributed by atoms with E-state index < -0.39 is 10.0 Å². The van der Waals surface area contributed by atoms with E-state index in [0.717, 1.165) is 10.7 Å². The van der Waals surface area contributed by atoms with Crippen LogP contribution in [0.15, 0.2) is 47.4 Å². The van der Waals surface area contributed by atoms with Crippen molar-refractivity contribution < 1.29 is 27.6 Å². The molecule has 1 saturated heterocycles. The number of amides is 2. The van der Waals surface area contributed by atoms with Crippen molar-refractivity contribution in [1.29, 1.82) is 0 Å². The van der Waals surface area contributed by atoms with Crippen LogP contribution in [0.2, 0.25) is 0 Å². The summed E-state index contributed by atoms with van der Waals surface area (Å²) in [4.78, 5) is 52.1. The lowest BCUT2D eigenvalue weighted by atomic mass is 9.84. The van der Waals surface area contributed by atoms with Crippen molar-refractivity contribution in [2.45, 2.75) is 17.7 Å². The molecular weight excluding hydrogens is 458 g/mol. The average Bonchev–Trinajstić information content (AvgIpc) is 2.86. The number of hydrogen-bond donors (Lipinski definition) is 0. The van der Waals surface area contributed by atoms with Crippen LogP contribution in [0.1, 0.15) is 44.7 Å². The molecule has 178 valence electrons. The highest BCUT2D eigenvalue weighted by molar-refractivity contribution is 7.89. The van der Waals surface area contributed by atoms with Crippen LogP contribution < -0.4 is 0 Å². The second-order valence-electron chi connectivity index (χ2n) is 8.36. The minimum atomic E-state index is -3.92. The van der Waals surface area contributed by atoms with Crippen molar-refractivity contribution in [3.05, 3.63) is 64.7 Å². The zero-order valence-electron chi connectivity index (χ0n) is 18.8. The Labute approximate surface area is 198 Å². The van der Waals surface area contributed by atoms with Gasteiger partial charge in [0.2, 0.25) is 22.3 Å². The lowest BCUT2D eigenvalue weighted by molar-refractivity contribution is -0.135. The third-order valence-corrected chi connectivity index (χ3v) is 8.14. The monoisotopic (exact) mass is 483 g/mol. The second-order valence-corrected chi connectivity index (χ2v) is 10.4. The fourth-order valence-corrected chi connectivity index (χ4v) is 5.46. The van der Waals surface area contributed by atoms with Gasteiger partial charge in [-0.3, -0.25) is 19.2 Å². The standard InChI is InChI=1S/C24H25N3O6S/c1-25(10-4-7-22(29)27-13-11-26(16-28)12-14-27)34(32,33)17-8-9-20-21(15-17)24(31)19-6-3-2-5-18(19)23(20)30/h2-3,5-6,8-9,15-16H,4,7,10-14H2,1H3. The van der Waals surface area contributed by atoms with Crippen LogP contribution in [0.3, 0.4) is 0 Å². The SMILES string of the molecule is CN(CCCC(=O)N1CCN(C=O)CC1)S(=O)(=O)c1ccc2c(c1)C(=O)c1ccccc1C2=O. The first kappa shape index (κ1) is 23.8. The van der Waals surface area contributed by atoms with Crippen molar-refractivity contribution in [2.24, 2.45) is 0 Å². The van der Waals surface area contributed by atoms with Gasteiger partial charge < -0.3 is 9.80 Å². The van der Waals surface area contributed by atoms with Crippen molar-refractivity contribution in [2.75, 3.05) is 39.8 Å². The molecule has 0 aromatic heterocycles. The molecule has 2 aliphatic rings. The van der Waals surface area contributed by atoms with E-state index in [4.69, 9.17) is 0 Å². The van der Waals surface area contributed by atoms with Crippen LogP contribution >= 0.6 is 0 Å². The highest BCUT2D eigenvalue weighted by Gasteiger charge is 2.31. The maximum absolute atomic E-state index is 13.1. The number of nitrogens with zero attached hydrogens (tertiary/aromatic N) is 3. The molecule has 1 aliphatic heterocycles. The number of carbonyl (C=O) groups is 4. The molecule has 0 bridgehead atoms. The molecule has 1 aliphatic carbocycles. The number of fused-ring (bicyclic) bond motifs is 2. The van der Waals surface area contributed by atoms with Gasteiger partial charge in [-0.2, -0.15) is 0 Å². The summed E-state index contributed by atoms with van der Waals surface area (Å²) in [6.45, 7) is 2.05. The number of carbonyl (C=O) groups excluding carboxylic acids is 4. The second kappa shape index (κ2) is 9.47. The van der Waals surface area contributed by atoms with E-state index in [0.29, 0.717) is 38.2 Å². The van der Waals surface area contributed by atoms with E-state index in [2.05, 4.69) is 0 Å². The van der Waals surface area contributed by atoms with Gasteiger partial charge in [-0.05, 0) is 24.6 Å². The molecule has 9 nitrogen and oxygen atoms in total. The minimum absolute atomic E-state index is 0.0721. The van der Waals surface area contributed by atoms with Crippen LogP contribution in [-0.2, 0) is 19.6 Å². The molecule has 10 heteroatoms. The molecule has 2 aromatic rings. The van der Waals surface area contributed by atoms with Gasteiger partial charge >= 0.3 is 0 Å². The van der Waals surface area contributed by atoms with Crippen molar-refractivity contribution in [3.8, 4) is 0 Å². The lowest BCUT2D eigenvalue weighted by Crippen LogP contribution is -2.48. The van der Waals surface area contributed by atoms with Gasteiger partial charge in [0.05, 0.1) is 4.90 Å². The third-order valence-electron chi connectivity index (χ3n) is 6.28. The zero-order valence-corrected chi connectivity index (χ0v) is 19.6. The molecular formula is C24H25N3O6S. The van der Waals surface area contributed by atoms with E-state index in [-0.39, 0.29) is 52.0 Å². The highest BCUT2D eigenvalue weighted by Crippen LogP contribution is 2.29. The fourth-order valence-electron chi connectivity index (χ4n) is 4.23. The Hall–Kier alpha value is -3.37. The molecule has 0 N–H and O–H groups in total. The first-order chi connectivity index (χ1) is 16.2. The van der Waals surface area contributed by atoms with Gasteiger partial charge in [0.15, 0.2) is 11.6 Å². The number of ketones is 2. The molecule has 2 amide bonds. The Kier molecular flexibility index (Phi) is 6.63. The van der Waals surface area contributed by atoms with Crippen molar-refractivity contribution in [3.63, 3.8) is 0 Å². The predicted molar refractivity (Wildman–Crippen MR) is 123 cm³/mol. The summed E-state index contributed by atoms with van der Waals surface area (Å²) in [5, 5.41) is 0. The lowest BCUT2D eigenvalue weighted by Gasteiger charge is -2.32. The summed E-state index contributed by atoms with van der Waals surface area (Å²) < 4.78 is 27.3. The fraction of sp³-hybridized carbons (Fsp3) is 0.333. The highest BCUT2D eigenvalue weighted by atomic mass is 32.2. The number of piperazine rings is 1. The van der Waals surface area contributed by atoms with E-state index in [1.54, 1.807) is 34.1 Å².